The van der Waals surface area contributed by atoms with Gasteiger partial charge in [-0.05, 0) is 58.5 Å². The van der Waals surface area contributed by atoms with Gasteiger partial charge >= 0.3 is 0 Å². The van der Waals surface area contributed by atoms with Crippen LogP contribution in [0.25, 0.3) is 33.7 Å². The molecule has 1 aliphatic heterocycles. The quantitative estimate of drug-likeness (QED) is 0.275. The van der Waals surface area contributed by atoms with Gasteiger partial charge in [0.05, 0.1) is 22.8 Å². The van der Waals surface area contributed by atoms with Gasteiger partial charge in [0.1, 0.15) is 0 Å². The first kappa shape index (κ1) is 22.3. The molecule has 0 spiro atoms. The lowest BCUT2D eigenvalue weighted by atomic mass is 9.83. The van der Waals surface area contributed by atoms with E-state index in [4.69, 9.17) is 4.98 Å². The van der Waals surface area contributed by atoms with E-state index in [0.29, 0.717) is 10.8 Å². The van der Waals surface area contributed by atoms with Gasteiger partial charge in [-0.25, -0.2) is 4.98 Å². The van der Waals surface area contributed by atoms with E-state index in [0.717, 1.165) is 38.9 Å². The molecular weight excluding hydrogens is 456 g/mol. The fraction of sp³-hybridized carbons (Fsp3) is 0.0909. The standard InChI is InChI=1S/C33H24N2S/c1-3-4-8-22-13-14-23-15-17-29(35-33(23)21(22)2)24-16-18-30-28(19-24)32-27(11-7-12-31(32)36-30)26-10-6-5-9-25(26)20-34/h3-19,28,30H,1H2,2H3/b8-4-. The highest BCUT2D eigenvalue weighted by atomic mass is 32.2. The Kier molecular flexibility index (Phi) is 5.68. The second kappa shape index (κ2) is 9.15. The van der Waals surface area contributed by atoms with Gasteiger partial charge in [0.25, 0.3) is 0 Å². The number of allylic oxidation sites excluding steroid dienone is 5. The van der Waals surface area contributed by atoms with Crippen LogP contribution in [0.5, 0.6) is 0 Å². The molecule has 0 saturated heterocycles. The Morgan fingerprint density at radius 3 is 2.69 bits per heavy atom. The van der Waals surface area contributed by atoms with Crippen molar-refractivity contribution in [1.82, 2.24) is 4.98 Å². The summed E-state index contributed by atoms with van der Waals surface area (Å²) in [6, 6.07) is 25.3. The van der Waals surface area contributed by atoms with Crippen LogP contribution in [0, 0.1) is 18.3 Å². The molecule has 172 valence electrons. The van der Waals surface area contributed by atoms with Crippen LogP contribution in [0.1, 0.15) is 33.9 Å². The summed E-state index contributed by atoms with van der Waals surface area (Å²) < 4.78 is 0. The third-order valence-corrected chi connectivity index (χ3v) is 8.38. The Hall–Kier alpha value is -4.13. The molecule has 2 unspecified atom stereocenters. The number of nitrogens with zero attached hydrogens (tertiary/aromatic N) is 2. The third-order valence-electron chi connectivity index (χ3n) is 7.04. The van der Waals surface area contributed by atoms with E-state index >= 15 is 0 Å². The maximum atomic E-state index is 9.73. The van der Waals surface area contributed by atoms with E-state index in [1.807, 2.05) is 36.0 Å². The van der Waals surface area contributed by atoms with E-state index in [1.54, 1.807) is 6.08 Å². The number of rotatable bonds is 4. The number of thioether (sulfide) groups is 1. The molecule has 2 heterocycles. The Labute approximate surface area is 216 Å². The Balaban J connectivity index is 1.45. The minimum atomic E-state index is 0.230. The molecule has 4 aromatic rings. The maximum absolute atomic E-state index is 9.73. The van der Waals surface area contributed by atoms with Crippen molar-refractivity contribution in [2.75, 3.05) is 0 Å². The fourth-order valence-electron chi connectivity index (χ4n) is 5.24. The van der Waals surface area contributed by atoms with Gasteiger partial charge in [-0.3, -0.25) is 0 Å². The number of aryl methyl sites for hydroxylation is 1. The van der Waals surface area contributed by atoms with E-state index in [2.05, 4.69) is 92.4 Å². The summed E-state index contributed by atoms with van der Waals surface area (Å²) in [6.45, 7) is 5.92. The van der Waals surface area contributed by atoms with Crippen LogP contribution >= 0.6 is 11.8 Å². The van der Waals surface area contributed by atoms with Crippen LogP contribution in [0.2, 0.25) is 0 Å². The Bertz CT molecular complexity index is 1670. The van der Waals surface area contributed by atoms with Gasteiger partial charge in [0.2, 0.25) is 0 Å². The number of hydrogen-bond acceptors (Lipinski definition) is 3. The molecule has 2 nitrogen and oxygen atoms in total. The molecular formula is C33H24N2S. The first-order valence-electron chi connectivity index (χ1n) is 12.1. The minimum Gasteiger partial charge on any atom is -0.248 e. The lowest BCUT2D eigenvalue weighted by molar-refractivity contribution is 0.885. The molecule has 0 bridgehead atoms. The molecule has 2 atom stereocenters. The van der Waals surface area contributed by atoms with Crippen molar-refractivity contribution in [3.63, 3.8) is 0 Å². The summed E-state index contributed by atoms with van der Waals surface area (Å²) in [6.07, 6.45) is 12.7. The van der Waals surface area contributed by atoms with Crippen LogP contribution in [0.3, 0.4) is 0 Å². The largest absolute Gasteiger partial charge is 0.248 e. The molecule has 1 aromatic heterocycles. The highest BCUT2D eigenvalue weighted by Crippen LogP contribution is 2.53. The van der Waals surface area contributed by atoms with E-state index in [1.165, 1.54) is 16.0 Å². The van der Waals surface area contributed by atoms with Crippen LogP contribution in [-0.4, -0.2) is 10.2 Å². The summed E-state index contributed by atoms with van der Waals surface area (Å²) in [5, 5.41) is 11.2. The van der Waals surface area contributed by atoms with Crippen molar-refractivity contribution >= 4 is 34.3 Å². The van der Waals surface area contributed by atoms with Gasteiger partial charge in [-0.15, -0.1) is 11.8 Å². The number of pyridine rings is 1. The SMILES string of the molecule is C=C/C=C\c1ccc2ccc(C3=CC4c5c(cccc5-c5ccccc5C#N)SC4C=C3)nc2c1C. The zero-order valence-electron chi connectivity index (χ0n) is 20.0. The van der Waals surface area contributed by atoms with E-state index in [9.17, 15) is 5.26 Å². The number of benzene rings is 3. The normalized spacial score (nSPS) is 18.1. The van der Waals surface area contributed by atoms with Gasteiger partial charge < -0.3 is 0 Å². The topological polar surface area (TPSA) is 36.7 Å². The van der Waals surface area contributed by atoms with E-state index in [-0.39, 0.29) is 5.92 Å². The monoisotopic (exact) mass is 480 g/mol. The van der Waals surface area contributed by atoms with Gasteiger partial charge in [0, 0.05) is 21.4 Å². The zero-order chi connectivity index (χ0) is 24.6. The van der Waals surface area contributed by atoms with Crippen LogP contribution in [0.15, 0.2) is 109 Å². The second-order valence-corrected chi connectivity index (χ2v) is 10.3. The third kappa shape index (κ3) is 3.71. The average molecular weight is 481 g/mol. The fourth-order valence-corrected chi connectivity index (χ4v) is 6.58. The lowest BCUT2D eigenvalue weighted by Crippen LogP contribution is -2.10. The van der Waals surface area contributed by atoms with Crippen molar-refractivity contribution < 1.29 is 0 Å². The predicted molar refractivity (Wildman–Crippen MR) is 152 cm³/mol. The van der Waals surface area contributed by atoms with Gasteiger partial charge in [-0.1, -0.05) is 91.6 Å². The molecule has 1 aliphatic carbocycles. The number of hydrogen-bond donors (Lipinski definition) is 0. The van der Waals surface area contributed by atoms with Crippen LogP contribution < -0.4 is 0 Å². The van der Waals surface area contributed by atoms with Gasteiger partial charge in [-0.2, -0.15) is 5.26 Å². The molecule has 36 heavy (non-hydrogen) atoms. The van der Waals surface area contributed by atoms with Crippen molar-refractivity contribution in [3.05, 3.63) is 132 Å². The predicted octanol–water partition coefficient (Wildman–Crippen LogP) is 8.49. The lowest BCUT2D eigenvalue weighted by Gasteiger charge is -2.21. The summed E-state index contributed by atoms with van der Waals surface area (Å²) >= 11 is 1.90. The Morgan fingerprint density at radius 2 is 1.83 bits per heavy atom. The number of nitriles is 1. The highest BCUT2D eigenvalue weighted by molar-refractivity contribution is 8.00. The van der Waals surface area contributed by atoms with Crippen LogP contribution in [-0.2, 0) is 0 Å². The van der Waals surface area contributed by atoms with Crippen molar-refractivity contribution in [2.24, 2.45) is 0 Å². The molecule has 6 rings (SSSR count). The van der Waals surface area contributed by atoms with Crippen molar-refractivity contribution in [2.45, 2.75) is 23.0 Å². The highest BCUT2D eigenvalue weighted by Gasteiger charge is 2.35. The smallest absolute Gasteiger partial charge is 0.0998 e. The zero-order valence-corrected chi connectivity index (χ0v) is 20.8. The van der Waals surface area contributed by atoms with Crippen molar-refractivity contribution in [1.29, 1.82) is 5.26 Å². The summed E-state index contributed by atoms with van der Waals surface area (Å²) in [4.78, 5) is 6.41. The van der Waals surface area contributed by atoms with Crippen LogP contribution in [0.4, 0.5) is 0 Å². The molecule has 3 heteroatoms. The molecule has 3 aromatic carbocycles. The molecule has 0 saturated carbocycles. The molecule has 0 radical (unpaired) electrons. The molecule has 2 aliphatic rings. The minimum absolute atomic E-state index is 0.230. The van der Waals surface area contributed by atoms with Crippen molar-refractivity contribution in [3.8, 4) is 17.2 Å². The molecule has 0 N–H and O–H groups in total. The number of aromatic nitrogens is 1. The molecule has 0 amide bonds. The summed E-state index contributed by atoms with van der Waals surface area (Å²) in [5.41, 5.74) is 9.65. The average Bonchev–Trinajstić information content (AvgIpc) is 3.31. The summed E-state index contributed by atoms with van der Waals surface area (Å²) in [7, 11) is 0. The first-order valence-corrected chi connectivity index (χ1v) is 12.9. The second-order valence-electron chi connectivity index (χ2n) is 9.11. The first-order chi connectivity index (χ1) is 17.7. The summed E-state index contributed by atoms with van der Waals surface area (Å²) in [5.74, 6) is 0.230. The van der Waals surface area contributed by atoms with E-state index < -0.39 is 0 Å². The number of fused-ring (bicyclic) bond motifs is 4. The van der Waals surface area contributed by atoms with Gasteiger partial charge in [0.15, 0.2) is 0 Å². The molecule has 0 fully saturated rings. The Morgan fingerprint density at radius 1 is 1.00 bits per heavy atom. The maximum Gasteiger partial charge on any atom is 0.0998 e.